The van der Waals surface area contributed by atoms with Crippen LogP contribution in [-0.2, 0) is 0 Å². The first-order valence-electron chi connectivity index (χ1n) is 6.24. The van der Waals surface area contributed by atoms with Crippen LogP contribution in [0.4, 0.5) is 0 Å². The van der Waals surface area contributed by atoms with Gasteiger partial charge in [0.05, 0.1) is 27.0 Å². The number of hydrogen-bond acceptors (Lipinski definition) is 4. The Morgan fingerprint density at radius 1 is 1.55 bits per heavy atom. The van der Waals surface area contributed by atoms with E-state index >= 15 is 0 Å². The molecule has 0 saturated heterocycles. The molecule has 0 spiro atoms. The normalized spacial score (nSPS) is 12.7. The molecule has 0 saturated carbocycles. The van der Waals surface area contributed by atoms with Crippen molar-refractivity contribution >= 4 is 33.2 Å². The monoisotopic (exact) mass is 357 g/mol. The molecule has 2 heterocycles. The van der Waals surface area contributed by atoms with E-state index in [-0.39, 0.29) is 24.5 Å². The smallest absolute Gasteiger partial charge is 0.272 e. The lowest BCUT2D eigenvalue weighted by molar-refractivity contribution is 0.0892. The minimum atomic E-state index is -0.282. The van der Waals surface area contributed by atoms with E-state index in [1.807, 2.05) is 26.0 Å². The Hall–Kier alpha value is -1.18. The van der Waals surface area contributed by atoms with E-state index in [4.69, 9.17) is 0 Å². The molecule has 0 aliphatic heterocycles. The van der Waals surface area contributed by atoms with Crippen molar-refractivity contribution in [2.75, 3.05) is 6.61 Å². The lowest BCUT2D eigenvalue weighted by Crippen LogP contribution is -2.41. The molecule has 0 aliphatic carbocycles. The van der Waals surface area contributed by atoms with Crippen molar-refractivity contribution in [3.8, 4) is 10.6 Å². The Morgan fingerprint density at radius 3 is 2.85 bits per heavy atom. The highest BCUT2D eigenvalue weighted by atomic mass is 79.9. The summed E-state index contributed by atoms with van der Waals surface area (Å²) in [4.78, 5) is 13.1. The van der Waals surface area contributed by atoms with Gasteiger partial charge in [-0.25, -0.2) is 0 Å². The van der Waals surface area contributed by atoms with Crippen LogP contribution in [0.15, 0.2) is 22.0 Å². The summed E-state index contributed by atoms with van der Waals surface area (Å²) < 4.78 is 1.02. The average Bonchev–Trinajstić information content (AvgIpc) is 3.03. The number of hydrogen-bond donors (Lipinski definition) is 3. The van der Waals surface area contributed by atoms with Gasteiger partial charge in [0.2, 0.25) is 0 Å². The zero-order valence-electron chi connectivity index (χ0n) is 11.2. The third-order valence-electron chi connectivity index (χ3n) is 2.97. The summed E-state index contributed by atoms with van der Waals surface area (Å²) in [6, 6.07) is 5.34. The van der Waals surface area contributed by atoms with E-state index in [1.165, 1.54) is 0 Å². The molecular weight excluding hydrogens is 342 g/mol. The number of thiophene rings is 1. The predicted molar refractivity (Wildman–Crippen MR) is 82.8 cm³/mol. The topological polar surface area (TPSA) is 78.0 Å². The molecule has 0 radical (unpaired) electrons. The number of carbonyl (C=O) groups excluding carboxylic acids is 1. The minimum absolute atomic E-state index is 0.0848. The second kappa shape index (κ2) is 6.51. The maximum atomic E-state index is 12.1. The van der Waals surface area contributed by atoms with Gasteiger partial charge in [-0.15, -0.1) is 11.3 Å². The van der Waals surface area contributed by atoms with Crippen LogP contribution in [0.25, 0.3) is 10.6 Å². The molecule has 3 N–H and O–H groups in total. The highest BCUT2D eigenvalue weighted by molar-refractivity contribution is 9.11. The van der Waals surface area contributed by atoms with E-state index in [1.54, 1.807) is 17.4 Å². The van der Waals surface area contributed by atoms with Crippen LogP contribution < -0.4 is 5.32 Å². The van der Waals surface area contributed by atoms with Gasteiger partial charge in [0.1, 0.15) is 0 Å². The number of aliphatic hydroxyl groups is 1. The fourth-order valence-electron chi connectivity index (χ4n) is 1.69. The van der Waals surface area contributed by atoms with Gasteiger partial charge in [-0.2, -0.15) is 5.10 Å². The Labute approximate surface area is 129 Å². The van der Waals surface area contributed by atoms with Gasteiger partial charge in [-0.05, 0) is 40.0 Å². The number of aromatic nitrogens is 2. The van der Waals surface area contributed by atoms with Crippen molar-refractivity contribution < 1.29 is 9.90 Å². The van der Waals surface area contributed by atoms with Gasteiger partial charge >= 0.3 is 0 Å². The van der Waals surface area contributed by atoms with Crippen molar-refractivity contribution in [3.05, 3.63) is 27.7 Å². The number of H-pyrrole nitrogens is 1. The summed E-state index contributed by atoms with van der Waals surface area (Å²) in [6.45, 7) is 3.80. The third kappa shape index (κ3) is 3.47. The molecule has 0 aromatic carbocycles. The van der Waals surface area contributed by atoms with E-state index < -0.39 is 0 Å². The van der Waals surface area contributed by atoms with Crippen LogP contribution in [-0.4, -0.2) is 33.9 Å². The van der Waals surface area contributed by atoms with Gasteiger partial charge in [0.25, 0.3) is 5.91 Å². The molecule has 5 nitrogen and oxygen atoms in total. The van der Waals surface area contributed by atoms with Gasteiger partial charge in [-0.3, -0.25) is 9.89 Å². The molecule has 2 aromatic rings. The molecule has 7 heteroatoms. The molecule has 2 aromatic heterocycles. The summed E-state index contributed by atoms with van der Waals surface area (Å²) in [6.07, 6.45) is 0. The quantitative estimate of drug-likeness (QED) is 0.769. The molecule has 1 atom stereocenters. The maximum Gasteiger partial charge on any atom is 0.272 e. The number of aromatic amines is 1. The van der Waals surface area contributed by atoms with Crippen molar-refractivity contribution in [2.24, 2.45) is 5.92 Å². The number of nitrogens with one attached hydrogen (secondary N) is 2. The number of halogens is 1. The van der Waals surface area contributed by atoms with Crippen molar-refractivity contribution in [2.45, 2.75) is 19.9 Å². The van der Waals surface area contributed by atoms with Crippen LogP contribution in [0.2, 0.25) is 0 Å². The second-order valence-corrected chi connectivity index (χ2v) is 7.24. The Kier molecular flexibility index (Phi) is 4.95. The Morgan fingerprint density at radius 2 is 2.30 bits per heavy atom. The zero-order valence-corrected chi connectivity index (χ0v) is 13.6. The van der Waals surface area contributed by atoms with E-state index in [0.29, 0.717) is 5.69 Å². The summed E-state index contributed by atoms with van der Waals surface area (Å²) in [5.41, 5.74) is 1.12. The SMILES string of the molecule is CC(C)[C@H](CO)NC(=O)c1cc(-c2ccc(Br)s2)[nH]n1. The molecule has 0 bridgehead atoms. The fraction of sp³-hybridized carbons (Fsp3) is 0.385. The van der Waals surface area contributed by atoms with Crippen LogP contribution in [0.1, 0.15) is 24.3 Å². The highest BCUT2D eigenvalue weighted by Gasteiger charge is 2.18. The zero-order chi connectivity index (χ0) is 14.7. The Balaban J connectivity index is 2.10. The van der Waals surface area contributed by atoms with Crippen molar-refractivity contribution in [1.82, 2.24) is 15.5 Å². The van der Waals surface area contributed by atoms with E-state index in [0.717, 1.165) is 14.4 Å². The van der Waals surface area contributed by atoms with Gasteiger partial charge in [0.15, 0.2) is 5.69 Å². The average molecular weight is 358 g/mol. The first-order valence-corrected chi connectivity index (χ1v) is 7.85. The highest BCUT2D eigenvalue weighted by Crippen LogP contribution is 2.30. The van der Waals surface area contributed by atoms with Crippen LogP contribution in [0.3, 0.4) is 0 Å². The molecule has 0 aliphatic rings. The lowest BCUT2D eigenvalue weighted by atomic mass is 10.1. The molecule has 0 unspecified atom stereocenters. The fourth-order valence-corrected chi connectivity index (χ4v) is 3.04. The van der Waals surface area contributed by atoms with Crippen molar-refractivity contribution in [1.29, 1.82) is 0 Å². The van der Waals surface area contributed by atoms with Crippen LogP contribution in [0, 0.1) is 5.92 Å². The summed E-state index contributed by atoms with van der Waals surface area (Å²) in [5, 5.41) is 18.9. The third-order valence-corrected chi connectivity index (χ3v) is 4.62. The maximum absolute atomic E-state index is 12.1. The molecule has 2 rings (SSSR count). The summed E-state index contributed by atoms with van der Waals surface area (Å²) in [7, 11) is 0. The van der Waals surface area contributed by atoms with Crippen molar-refractivity contribution in [3.63, 3.8) is 0 Å². The second-order valence-electron chi connectivity index (χ2n) is 4.78. The number of aliphatic hydroxyl groups excluding tert-OH is 1. The number of rotatable bonds is 5. The van der Waals surface area contributed by atoms with Gasteiger partial charge in [-0.1, -0.05) is 13.8 Å². The number of amides is 1. The predicted octanol–water partition coefficient (Wildman–Crippen LogP) is 2.65. The molecule has 0 fully saturated rings. The minimum Gasteiger partial charge on any atom is -0.394 e. The standard InChI is InChI=1S/C13H16BrN3O2S/c1-7(2)10(6-18)15-13(19)9-5-8(16-17-9)11-3-4-12(14)20-11/h3-5,7,10,18H,6H2,1-2H3,(H,15,19)(H,16,17)/t10-/m0/s1. The van der Waals surface area contributed by atoms with Gasteiger partial charge < -0.3 is 10.4 Å². The lowest BCUT2D eigenvalue weighted by Gasteiger charge is -2.18. The van der Waals surface area contributed by atoms with Crippen LogP contribution in [0.5, 0.6) is 0 Å². The molecule has 20 heavy (non-hydrogen) atoms. The van der Waals surface area contributed by atoms with E-state index in [9.17, 15) is 9.90 Å². The Bertz CT molecular complexity index is 594. The number of carbonyl (C=O) groups is 1. The summed E-state index contributed by atoms with van der Waals surface area (Å²) in [5.74, 6) is -0.119. The van der Waals surface area contributed by atoms with Gasteiger partial charge in [0, 0.05) is 0 Å². The summed E-state index contributed by atoms with van der Waals surface area (Å²) >= 11 is 4.96. The largest absolute Gasteiger partial charge is 0.394 e. The van der Waals surface area contributed by atoms with E-state index in [2.05, 4.69) is 31.4 Å². The van der Waals surface area contributed by atoms with Crippen LogP contribution >= 0.6 is 27.3 Å². The number of nitrogens with zero attached hydrogens (tertiary/aromatic N) is 1. The molecule has 108 valence electrons. The first kappa shape index (κ1) is 15.2. The first-order chi connectivity index (χ1) is 9.51. The molecule has 1 amide bonds. The molecular formula is C13H16BrN3O2S.